The van der Waals surface area contributed by atoms with Crippen LogP contribution >= 0.6 is 11.6 Å². The zero-order valence-electron chi connectivity index (χ0n) is 18.8. The van der Waals surface area contributed by atoms with E-state index in [0.717, 1.165) is 35.8 Å². The molecule has 0 unspecified atom stereocenters. The molecular formula is C24H32ClN3O3S. The quantitative estimate of drug-likeness (QED) is 0.588. The fraction of sp³-hybridized carbons (Fsp3) is 0.458. The van der Waals surface area contributed by atoms with E-state index in [-0.39, 0.29) is 5.91 Å². The van der Waals surface area contributed by atoms with Gasteiger partial charge in [-0.2, -0.15) is 0 Å². The molecule has 0 spiro atoms. The molecule has 0 radical (unpaired) electrons. The summed E-state index contributed by atoms with van der Waals surface area (Å²) in [6.45, 7) is 5.31. The van der Waals surface area contributed by atoms with E-state index in [1.54, 1.807) is 31.2 Å². The highest BCUT2D eigenvalue weighted by Crippen LogP contribution is 2.25. The van der Waals surface area contributed by atoms with E-state index in [0.29, 0.717) is 23.7 Å². The molecule has 1 atom stereocenters. The number of nitrogens with zero attached hydrogens (tertiary/aromatic N) is 2. The summed E-state index contributed by atoms with van der Waals surface area (Å²) in [7, 11) is -3.69. The zero-order valence-corrected chi connectivity index (χ0v) is 20.3. The van der Waals surface area contributed by atoms with Crippen LogP contribution in [0.4, 0.5) is 5.69 Å². The lowest BCUT2D eigenvalue weighted by Gasteiger charge is -2.30. The number of hydrogen-bond acceptors (Lipinski definition) is 4. The number of likely N-dealkylation sites (tertiary alicyclic amines) is 1. The standard InChI is InChI=1S/C24H32ClN3O3S/c1-3-23(28(32(2,30)31)22-12-8-11-21(25)16-22)24(29)26-17-19-9-7-10-20(15-19)18-27-13-5-4-6-14-27/h7-12,15-16,23H,3-6,13-14,17-18H2,1-2H3,(H,26,29)/t23-/m0/s1. The molecule has 0 saturated carbocycles. The fourth-order valence-corrected chi connectivity index (χ4v) is 5.58. The van der Waals surface area contributed by atoms with Crippen molar-refractivity contribution in [1.29, 1.82) is 0 Å². The SMILES string of the molecule is CC[C@@H](C(=O)NCc1cccc(CN2CCCCC2)c1)N(c1cccc(Cl)c1)S(C)(=O)=O. The van der Waals surface area contributed by atoms with Gasteiger partial charge in [-0.1, -0.05) is 55.3 Å². The predicted octanol–water partition coefficient (Wildman–Crippen LogP) is 4.19. The van der Waals surface area contributed by atoms with Crippen LogP contribution in [0.3, 0.4) is 0 Å². The molecule has 1 heterocycles. The maximum Gasteiger partial charge on any atom is 0.244 e. The highest BCUT2D eigenvalue weighted by Gasteiger charge is 2.31. The first kappa shape index (κ1) is 24.6. The number of anilines is 1. The molecule has 6 nitrogen and oxygen atoms in total. The van der Waals surface area contributed by atoms with Crippen molar-refractivity contribution in [2.24, 2.45) is 0 Å². The summed E-state index contributed by atoms with van der Waals surface area (Å²) in [5.74, 6) is -0.334. The van der Waals surface area contributed by atoms with Crippen molar-refractivity contribution in [2.75, 3.05) is 23.7 Å². The fourth-order valence-electron chi connectivity index (χ4n) is 4.19. The largest absolute Gasteiger partial charge is 0.350 e. The second kappa shape index (κ2) is 11.2. The molecule has 1 aliphatic heterocycles. The van der Waals surface area contributed by atoms with E-state index in [1.165, 1.54) is 24.8 Å². The Hall–Kier alpha value is -2.09. The molecule has 1 aliphatic rings. The van der Waals surface area contributed by atoms with Gasteiger partial charge in [0.1, 0.15) is 6.04 Å². The van der Waals surface area contributed by atoms with Crippen molar-refractivity contribution < 1.29 is 13.2 Å². The Morgan fingerprint density at radius 1 is 1.09 bits per heavy atom. The van der Waals surface area contributed by atoms with E-state index in [1.807, 2.05) is 12.1 Å². The molecule has 3 rings (SSSR count). The lowest BCUT2D eigenvalue weighted by atomic mass is 10.1. The number of nitrogens with one attached hydrogen (secondary N) is 1. The topological polar surface area (TPSA) is 69.7 Å². The number of benzene rings is 2. The maximum atomic E-state index is 13.0. The van der Waals surface area contributed by atoms with Gasteiger partial charge in [0.2, 0.25) is 15.9 Å². The number of carbonyl (C=O) groups is 1. The maximum absolute atomic E-state index is 13.0. The summed E-state index contributed by atoms with van der Waals surface area (Å²) in [5, 5.41) is 3.34. The van der Waals surface area contributed by atoms with E-state index >= 15 is 0 Å². The molecule has 1 N–H and O–H groups in total. The first-order valence-electron chi connectivity index (χ1n) is 11.1. The van der Waals surface area contributed by atoms with Crippen LogP contribution in [0.1, 0.15) is 43.7 Å². The second-order valence-electron chi connectivity index (χ2n) is 8.34. The Bertz CT molecular complexity index is 1020. The van der Waals surface area contributed by atoms with Gasteiger partial charge in [0, 0.05) is 18.1 Å². The molecule has 1 saturated heterocycles. The summed E-state index contributed by atoms with van der Waals surface area (Å²) < 4.78 is 26.3. The predicted molar refractivity (Wildman–Crippen MR) is 130 cm³/mol. The number of rotatable bonds is 9. The van der Waals surface area contributed by atoms with Crippen molar-refractivity contribution in [1.82, 2.24) is 10.2 Å². The first-order chi connectivity index (χ1) is 15.3. The number of piperidine rings is 1. The van der Waals surface area contributed by atoms with Gasteiger partial charge in [-0.25, -0.2) is 8.42 Å². The molecule has 32 heavy (non-hydrogen) atoms. The Balaban J connectivity index is 1.70. The Morgan fingerprint density at radius 2 is 1.78 bits per heavy atom. The minimum Gasteiger partial charge on any atom is -0.350 e. The van der Waals surface area contributed by atoms with Gasteiger partial charge >= 0.3 is 0 Å². The molecule has 8 heteroatoms. The number of halogens is 1. The van der Waals surface area contributed by atoms with E-state index in [9.17, 15) is 13.2 Å². The van der Waals surface area contributed by atoms with Crippen LogP contribution in [-0.4, -0.2) is 44.6 Å². The lowest BCUT2D eigenvalue weighted by molar-refractivity contribution is -0.122. The molecule has 2 aromatic carbocycles. The highest BCUT2D eigenvalue weighted by molar-refractivity contribution is 7.92. The van der Waals surface area contributed by atoms with Crippen molar-refractivity contribution in [2.45, 2.75) is 51.7 Å². The third-order valence-corrected chi connectivity index (χ3v) is 7.12. The van der Waals surface area contributed by atoms with Gasteiger partial charge in [-0.15, -0.1) is 0 Å². The van der Waals surface area contributed by atoms with Crippen LogP contribution < -0.4 is 9.62 Å². The summed E-state index contributed by atoms with van der Waals surface area (Å²) in [6.07, 6.45) is 5.24. The van der Waals surface area contributed by atoms with E-state index in [4.69, 9.17) is 11.6 Å². The second-order valence-corrected chi connectivity index (χ2v) is 10.6. The summed E-state index contributed by atoms with van der Waals surface area (Å²) in [4.78, 5) is 15.5. The van der Waals surface area contributed by atoms with Gasteiger partial charge < -0.3 is 5.32 Å². The highest BCUT2D eigenvalue weighted by atomic mass is 35.5. The molecule has 0 aliphatic carbocycles. The van der Waals surface area contributed by atoms with Crippen molar-refractivity contribution in [3.05, 3.63) is 64.7 Å². The van der Waals surface area contributed by atoms with Gasteiger partial charge in [0.15, 0.2) is 0 Å². The number of hydrogen-bond donors (Lipinski definition) is 1. The van der Waals surface area contributed by atoms with Crippen LogP contribution in [0.5, 0.6) is 0 Å². The van der Waals surface area contributed by atoms with Crippen LogP contribution in [0.25, 0.3) is 0 Å². The lowest BCUT2D eigenvalue weighted by Crippen LogP contribution is -2.49. The third kappa shape index (κ3) is 6.70. The zero-order chi connectivity index (χ0) is 23.1. The van der Waals surface area contributed by atoms with E-state index < -0.39 is 16.1 Å². The van der Waals surface area contributed by atoms with Gasteiger partial charge in [0.05, 0.1) is 11.9 Å². The van der Waals surface area contributed by atoms with Gasteiger partial charge in [-0.3, -0.25) is 14.0 Å². The molecule has 1 amide bonds. The summed E-state index contributed by atoms with van der Waals surface area (Å²) in [5.41, 5.74) is 2.60. The first-order valence-corrected chi connectivity index (χ1v) is 13.3. The number of sulfonamides is 1. The molecular weight excluding hydrogens is 446 g/mol. The minimum atomic E-state index is -3.69. The Kier molecular flexibility index (Phi) is 8.57. The molecule has 2 aromatic rings. The average molecular weight is 478 g/mol. The van der Waals surface area contributed by atoms with Crippen LogP contribution in [0.15, 0.2) is 48.5 Å². The number of amides is 1. The Labute approximate surface area is 196 Å². The monoisotopic (exact) mass is 477 g/mol. The van der Waals surface area contributed by atoms with Crippen LogP contribution in [0, 0.1) is 0 Å². The average Bonchev–Trinajstić information content (AvgIpc) is 2.76. The van der Waals surface area contributed by atoms with E-state index in [2.05, 4.69) is 22.3 Å². The molecule has 0 bridgehead atoms. The Morgan fingerprint density at radius 3 is 2.44 bits per heavy atom. The summed E-state index contributed by atoms with van der Waals surface area (Å²) >= 11 is 6.07. The molecule has 1 fully saturated rings. The van der Waals surface area contributed by atoms with Crippen molar-refractivity contribution in [3.63, 3.8) is 0 Å². The van der Waals surface area contributed by atoms with Crippen LogP contribution in [-0.2, 0) is 27.9 Å². The van der Waals surface area contributed by atoms with Gasteiger partial charge in [0.25, 0.3) is 0 Å². The normalized spacial score (nSPS) is 15.8. The smallest absolute Gasteiger partial charge is 0.244 e. The minimum absolute atomic E-state index is 0.334. The third-order valence-electron chi connectivity index (χ3n) is 5.71. The molecule has 174 valence electrons. The van der Waals surface area contributed by atoms with Crippen molar-refractivity contribution >= 4 is 33.2 Å². The van der Waals surface area contributed by atoms with Crippen molar-refractivity contribution in [3.8, 4) is 0 Å². The van der Waals surface area contributed by atoms with Gasteiger partial charge in [-0.05, 0) is 61.7 Å². The van der Waals surface area contributed by atoms with Crippen LogP contribution in [0.2, 0.25) is 5.02 Å². The molecule has 0 aromatic heterocycles. The number of carbonyl (C=O) groups excluding carboxylic acids is 1. The summed E-state index contributed by atoms with van der Waals surface area (Å²) in [6, 6.07) is 13.9.